The van der Waals surface area contributed by atoms with Crippen molar-refractivity contribution in [2.75, 3.05) is 12.4 Å². The van der Waals surface area contributed by atoms with Crippen LogP contribution in [0.15, 0.2) is 42.5 Å². The van der Waals surface area contributed by atoms with Gasteiger partial charge in [-0.2, -0.15) is 5.26 Å². The van der Waals surface area contributed by atoms with Gasteiger partial charge in [0.05, 0.1) is 28.9 Å². The van der Waals surface area contributed by atoms with Crippen LogP contribution in [0.4, 0.5) is 11.5 Å². The van der Waals surface area contributed by atoms with Crippen molar-refractivity contribution in [2.24, 2.45) is 0 Å². The molecular weight excluding hydrogens is 310 g/mol. The van der Waals surface area contributed by atoms with Crippen molar-refractivity contribution in [1.29, 1.82) is 5.26 Å². The van der Waals surface area contributed by atoms with Crippen LogP contribution >= 0.6 is 11.6 Å². The maximum atomic E-state index is 9.38. The molecule has 0 spiro atoms. The molecule has 23 heavy (non-hydrogen) atoms. The predicted molar refractivity (Wildman–Crippen MR) is 92.5 cm³/mol. The van der Waals surface area contributed by atoms with Crippen LogP contribution in [0, 0.1) is 18.3 Å². The van der Waals surface area contributed by atoms with Gasteiger partial charge in [0, 0.05) is 11.5 Å². The molecule has 4 nitrogen and oxygen atoms in total. The van der Waals surface area contributed by atoms with E-state index in [2.05, 4.69) is 16.4 Å². The summed E-state index contributed by atoms with van der Waals surface area (Å²) in [7, 11) is 1.61. The number of nitrogens with zero attached hydrogens (tertiary/aromatic N) is 2. The Morgan fingerprint density at radius 1 is 1.17 bits per heavy atom. The molecule has 1 N–H and O–H groups in total. The van der Waals surface area contributed by atoms with Gasteiger partial charge in [-0.25, -0.2) is 4.98 Å². The average molecular weight is 324 g/mol. The van der Waals surface area contributed by atoms with Gasteiger partial charge >= 0.3 is 0 Å². The Balaban J connectivity index is 2.09. The number of nitrogens with one attached hydrogen (secondary N) is 1. The van der Waals surface area contributed by atoms with Crippen LogP contribution in [0.5, 0.6) is 5.75 Å². The number of hydrogen-bond acceptors (Lipinski definition) is 4. The maximum Gasteiger partial charge on any atom is 0.149 e. The Kier molecular flexibility index (Phi) is 4.05. The fraction of sp³-hybridized carbons (Fsp3) is 0.111. The summed E-state index contributed by atoms with van der Waals surface area (Å²) in [5.41, 5.74) is 2.98. The van der Waals surface area contributed by atoms with Crippen LogP contribution in [0.25, 0.3) is 10.9 Å². The van der Waals surface area contributed by atoms with Crippen LogP contribution < -0.4 is 10.1 Å². The number of aryl methyl sites for hydroxylation is 1. The van der Waals surface area contributed by atoms with Gasteiger partial charge in [0.2, 0.25) is 0 Å². The summed E-state index contributed by atoms with van der Waals surface area (Å²) in [4.78, 5) is 4.54. The Labute approximate surface area is 139 Å². The van der Waals surface area contributed by atoms with E-state index in [9.17, 15) is 5.26 Å². The second-order valence-corrected chi connectivity index (χ2v) is 5.57. The van der Waals surface area contributed by atoms with Crippen molar-refractivity contribution in [3.05, 3.63) is 58.6 Å². The maximum absolute atomic E-state index is 9.38. The number of halogens is 1. The first-order chi connectivity index (χ1) is 11.1. The van der Waals surface area contributed by atoms with Gasteiger partial charge in [0.25, 0.3) is 0 Å². The van der Waals surface area contributed by atoms with Crippen molar-refractivity contribution in [3.63, 3.8) is 0 Å². The molecule has 0 atom stereocenters. The van der Waals surface area contributed by atoms with Gasteiger partial charge in [-0.1, -0.05) is 17.7 Å². The highest BCUT2D eigenvalue weighted by atomic mass is 35.5. The van der Waals surface area contributed by atoms with E-state index in [-0.39, 0.29) is 0 Å². The fourth-order valence-corrected chi connectivity index (χ4v) is 2.59. The normalized spacial score (nSPS) is 10.3. The number of methoxy groups -OCH3 is 1. The lowest BCUT2D eigenvalue weighted by Crippen LogP contribution is -1.99. The first-order valence-corrected chi connectivity index (χ1v) is 7.40. The van der Waals surface area contributed by atoms with E-state index in [1.165, 1.54) is 0 Å². The highest BCUT2D eigenvalue weighted by Crippen LogP contribution is 2.29. The topological polar surface area (TPSA) is 57.9 Å². The van der Waals surface area contributed by atoms with Crippen molar-refractivity contribution >= 4 is 34.0 Å². The van der Waals surface area contributed by atoms with Gasteiger partial charge in [0.1, 0.15) is 17.6 Å². The molecule has 3 rings (SSSR count). The fourth-order valence-electron chi connectivity index (χ4n) is 2.30. The number of hydrogen-bond donors (Lipinski definition) is 1. The van der Waals surface area contributed by atoms with Gasteiger partial charge in [-0.05, 0) is 42.8 Å². The van der Waals surface area contributed by atoms with E-state index >= 15 is 0 Å². The lowest BCUT2D eigenvalue weighted by Gasteiger charge is -2.11. The first kappa shape index (κ1) is 15.1. The third kappa shape index (κ3) is 3.05. The molecule has 0 aliphatic carbocycles. The Hall–Kier alpha value is -2.77. The number of pyridine rings is 1. The molecule has 0 saturated heterocycles. The number of fused-ring (bicyclic) bond motifs is 1. The summed E-state index contributed by atoms with van der Waals surface area (Å²) in [6.45, 7) is 1.97. The van der Waals surface area contributed by atoms with Crippen LogP contribution in [0.3, 0.4) is 0 Å². The number of benzene rings is 2. The predicted octanol–water partition coefficient (Wildman–Crippen LogP) is 4.82. The van der Waals surface area contributed by atoms with Crippen molar-refractivity contribution in [3.8, 4) is 11.8 Å². The highest BCUT2D eigenvalue weighted by molar-refractivity contribution is 6.33. The number of nitriles is 1. The molecule has 0 fully saturated rings. The molecule has 0 saturated carbocycles. The second-order valence-electron chi connectivity index (χ2n) is 5.16. The Morgan fingerprint density at radius 3 is 2.70 bits per heavy atom. The van der Waals surface area contributed by atoms with Gasteiger partial charge < -0.3 is 10.1 Å². The molecule has 0 amide bonds. The molecule has 0 aliphatic heterocycles. The molecule has 1 heterocycles. The van der Waals surface area contributed by atoms with Crippen LogP contribution in [0.1, 0.15) is 11.1 Å². The van der Waals surface area contributed by atoms with E-state index in [1.807, 2.05) is 43.3 Å². The molecule has 0 bridgehead atoms. The lowest BCUT2D eigenvalue weighted by atomic mass is 10.1. The molecular formula is C18H14ClN3O. The monoisotopic (exact) mass is 323 g/mol. The van der Waals surface area contributed by atoms with Gasteiger partial charge in [0.15, 0.2) is 0 Å². The van der Waals surface area contributed by atoms with Crippen molar-refractivity contribution < 1.29 is 4.74 Å². The summed E-state index contributed by atoms with van der Waals surface area (Å²) >= 11 is 6.25. The van der Waals surface area contributed by atoms with Crippen molar-refractivity contribution in [1.82, 2.24) is 4.98 Å². The average Bonchev–Trinajstić information content (AvgIpc) is 2.56. The van der Waals surface area contributed by atoms with Crippen LogP contribution in [-0.2, 0) is 0 Å². The van der Waals surface area contributed by atoms with Crippen LogP contribution in [0.2, 0.25) is 5.02 Å². The third-order valence-electron chi connectivity index (χ3n) is 3.52. The number of anilines is 2. The zero-order valence-electron chi connectivity index (χ0n) is 12.7. The largest absolute Gasteiger partial charge is 0.497 e. The quantitative estimate of drug-likeness (QED) is 0.750. The van der Waals surface area contributed by atoms with E-state index < -0.39 is 0 Å². The summed E-state index contributed by atoms with van der Waals surface area (Å²) in [5.74, 6) is 1.19. The number of rotatable bonds is 3. The van der Waals surface area contributed by atoms with Crippen LogP contribution in [-0.4, -0.2) is 12.1 Å². The minimum atomic E-state index is 0.458. The zero-order chi connectivity index (χ0) is 16.4. The molecule has 0 unspecified atom stereocenters. The minimum Gasteiger partial charge on any atom is -0.497 e. The molecule has 114 valence electrons. The lowest BCUT2D eigenvalue weighted by molar-refractivity contribution is 0.415. The first-order valence-electron chi connectivity index (χ1n) is 7.03. The summed E-state index contributed by atoms with van der Waals surface area (Å²) < 4.78 is 5.22. The summed E-state index contributed by atoms with van der Waals surface area (Å²) in [6.07, 6.45) is 0. The number of ether oxygens (including phenoxy) is 1. The van der Waals surface area contributed by atoms with Gasteiger partial charge in [-0.3, -0.25) is 0 Å². The van der Waals surface area contributed by atoms with Crippen molar-refractivity contribution in [2.45, 2.75) is 6.92 Å². The molecule has 2 aromatic carbocycles. The van der Waals surface area contributed by atoms with E-state index in [0.29, 0.717) is 27.8 Å². The SMILES string of the molecule is COc1ccc2cc(C#N)c(Nc3ccc(C)cc3Cl)nc2c1. The molecule has 1 aromatic heterocycles. The molecule has 0 radical (unpaired) electrons. The van der Waals surface area contributed by atoms with E-state index in [4.69, 9.17) is 16.3 Å². The smallest absolute Gasteiger partial charge is 0.149 e. The summed E-state index contributed by atoms with van der Waals surface area (Å²) in [6, 6.07) is 15.2. The third-order valence-corrected chi connectivity index (χ3v) is 3.84. The molecule has 0 aliphatic rings. The van der Waals surface area contributed by atoms with E-state index in [1.54, 1.807) is 13.2 Å². The zero-order valence-corrected chi connectivity index (χ0v) is 13.5. The van der Waals surface area contributed by atoms with E-state index in [0.717, 1.165) is 16.5 Å². The highest BCUT2D eigenvalue weighted by Gasteiger charge is 2.10. The Morgan fingerprint density at radius 2 is 2.00 bits per heavy atom. The van der Waals surface area contributed by atoms with Gasteiger partial charge in [-0.15, -0.1) is 0 Å². The number of aromatic nitrogens is 1. The standard InChI is InChI=1S/C18H14ClN3O/c1-11-3-6-16(15(19)7-11)21-18-13(10-20)8-12-4-5-14(23-2)9-17(12)22-18/h3-9H,1-2H3,(H,21,22). The Bertz CT molecular complexity index is 931. The minimum absolute atomic E-state index is 0.458. The molecule has 3 aromatic rings. The molecule has 5 heteroatoms. The summed E-state index contributed by atoms with van der Waals surface area (Å²) in [5, 5.41) is 14.0. The second kappa shape index (κ2) is 6.15.